The fraction of sp³-hybridized carbons (Fsp3) is 0.467. The Morgan fingerprint density at radius 2 is 1.89 bits per heavy atom. The van der Waals surface area contributed by atoms with Gasteiger partial charge in [0.15, 0.2) is 0 Å². The van der Waals surface area contributed by atoms with Crippen LogP contribution in [0.15, 0.2) is 24.3 Å². The van der Waals surface area contributed by atoms with Crippen LogP contribution in [0.3, 0.4) is 0 Å². The molecule has 0 aliphatic carbocycles. The van der Waals surface area contributed by atoms with Gasteiger partial charge < -0.3 is 11.1 Å². The van der Waals surface area contributed by atoms with E-state index in [1.54, 1.807) is 0 Å². The Hall–Kier alpha value is -1.42. The molecule has 0 aliphatic heterocycles. The molecule has 1 aromatic rings. The first-order valence-corrected chi connectivity index (χ1v) is 6.94. The third kappa shape index (κ3) is 5.39. The number of amides is 1. The van der Waals surface area contributed by atoms with Gasteiger partial charge >= 0.3 is 0 Å². The molecule has 3 N–H and O–H groups in total. The van der Waals surface area contributed by atoms with Gasteiger partial charge in [-0.15, -0.1) is 0 Å². The molecule has 0 bridgehead atoms. The van der Waals surface area contributed by atoms with Crippen LogP contribution < -0.4 is 11.1 Å². The Kier molecular flexibility index (Phi) is 5.48. The van der Waals surface area contributed by atoms with Crippen LogP contribution in [0.5, 0.6) is 0 Å². The fourth-order valence-electron chi connectivity index (χ4n) is 2.08. The van der Waals surface area contributed by atoms with Gasteiger partial charge in [-0.05, 0) is 25.8 Å². The summed E-state index contributed by atoms with van der Waals surface area (Å²) in [5, 5.41) is 3.05. The lowest BCUT2D eigenvalue weighted by Gasteiger charge is -2.25. The van der Waals surface area contributed by atoms with Crippen LogP contribution >= 0.6 is 12.2 Å². The zero-order valence-electron chi connectivity index (χ0n) is 11.8. The summed E-state index contributed by atoms with van der Waals surface area (Å²) in [6.45, 7) is 6.21. The van der Waals surface area contributed by atoms with Crippen molar-refractivity contribution in [2.45, 2.75) is 45.6 Å². The molecule has 104 valence electrons. The molecule has 1 rings (SSSR count). The summed E-state index contributed by atoms with van der Waals surface area (Å²) >= 11 is 4.89. The molecular weight excluding hydrogens is 256 g/mol. The average Bonchev–Trinajstić information content (AvgIpc) is 2.28. The zero-order chi connectivity index (χ0) is 14.5. The van der Waals surface area contributed by atoms with E-state index in [-0.39, 0.29) is 11.4 Å². The highest BCUT2D eigenvalue weighted by atomic mass is 32.1. The minimum atomic E-state index is -0.148. The molecule has 19 heavy (non-hydrogen) atoms. The van der Waals surface area contributed by atoms with Gasteiger partial charge in [0, 0.05) is 11.1 Å². The van der Waals surface area contributed by atoms with Crippen LogP contribution in [0.2, 0.25) is 0 Å². The predicted molar refractivity (Wildman–Crippen MR) is 83.2 cm³/mol. The van der Waals surface area contributed by atoms with Gasteiger partial charge in [-0.3, -0.25) is 4.79 Å². The van der Waals surface area contributed by atoms with Crippen LogP contribution in [0.4, 0.5) is 0 Å². The maximum absolute atomic E-state index is 12.0. The molecule has 0 atom stereocenters. The summed E-state index contributed by atoms with van der Waals surface area (Å²) in [5.41, 5.74) is 7.17. The van der Waals surface area contributed by atoms with Crippen molar-refractivity contribution >= 4 is 23.1 Å². The summed E-state index contributed by atoms with van der Waals surface area (Å²) in [7, 11) is 0. The van der Waals surface area contributed by atoms with E-state index in [4.69, 9.17) is 18.0 Å². The van der Waals surface area contributed by atoms with E-state index in [9.17, 15) is 4.79 Å². The van der Waals surface area contributed by atoms with Crippen LogP contribution in [0.25, 0.3) is 0 Å². The molecule has 3 nitrogen and oxygen atoms in total. The highest BCUT2D eigenvalue weighted by Crippen LogP contribution is 2.11. The van der Waals surface area contributed by atoms with Crippen molar-refractivity contribution in [3.8, 4) is 0 Å². The minimum absolute atomic E-state index is 0.0431. The lowest BCUT2D eigenvalue weighted by Crippen LogP contribution is -2.43. The monoisotopic (exact) mass is 278 g/mol. The number of hydrogen-bond acceptors (Lipinski definition) is 2. The van der Waals surface area contributed by atoms with Gasteiger partial charge in [-0.2, -0.15) is 0 Å². The Bertz CT molecular complexity index is 452. The second kappa shape index (κ2) is 6.66. The van der Waals surface area contributed by atoms with Crippen LogP contribution in [0.1, 0.15) is 44.7 Å². The first kappa shape index (κ1) is 15.6. The second-order valence-corrected chi connectivity index (χ2v) is 5.86. The maximum atomic E-state index is 12.0. The highest BCUT2D eigenvalue weighted by molar-refractivity contribution is 7.80. The van der Waals surface area contributed by atoms with Crippen molar-refractivity contribution in [2.24, 2.45) is 5.73 Å². The summed E-state index contributed by atoms with van der Waals surface area (Å²) in [4.78, 5) is 12.3. The Morgan fingerprint density at radius 3 is 2.37 bits per heavy atom. The van der Waals surface area contributed by atoms with E-state index in [2.05, 4.69) is 12.2 Å². The topological polar surface area (TPSA) is 55.1 Å². The molecule has 0 spiro atoms. The number of hydrogen-bond donors (Lipinski definition) is 2. The Balaban J connectivity index is 2.59. The number of carbonyl (C=O) groups excluding carboxylic acids is 1. The maximum Gasteiger partial charge on any atom is 0.224 e. The van der Waals surface area contributed by atoms with E-state index in [1.165, 1.54) is 0 Å². The van der Waals surface area contributed by atoms with Gasteiger partial charge in [-0.1, -0.05) is 49.8 Å². The van der Waals surface area contributed by atoms with E-state index in [0.29, 0.717) is 11.4 Å². The minimum Gasteiger partial charge on any atom is -0.389 e. The van der Waals surface area contributed by atoms with E-state index >= 15 is 0 Å². The number of nitrogens with two attached hydrogens (primary N) is 1. The molecule has 0 fully saturated rings. The van der Waals surface area contributed by atoms with Crippen molar-refractivity contribution in [3.63, 3.8) is 0 Å². The molecule has 1 amide bonds. The Labute approximate surface area is 120 Å². The van der Waals surface area contributed by atoms with Crippen molar-refractivity contribution in [2.75, 3.05) is 0 Å². The number of carbonyl (C=O) groups is 1. The van der Waals surface area contributed by atoms with Gasteiger partial charge in [-0.25, -0.2) is 0 Å². The lowest BCUT2D eigenvalue weighted by atomic mass is 9.98. The van der Waals surface area contributed by atoms with Gasteiger partial charge in [0.05, 0.1) is 6.42 Å². The third-order valence-electron chi connectivity index (χ3n) is 2.96. The van der Waals surface area contributed by atoms with Crippen molar-refractivity contribution in [3.05, 3.63) is 35.4 Å². The van der Waals surface area contributed by atoms with Crippen LogP contribution in [-0.4, -0.2) is 16.4 Å². The zero-order valence-corrected chi connectivity index (χ0v) is 12.6. The van der Waals surface area contributed by atoms with Gasteiger partial charge in [0.1, 0.15) is 4.99 Å². The molecule has 4 heteroatoms. The molecule has 0 saturated carbocycles. The van der Waals surface area contributed by atoms with E-state index in [0.717, 1.165) is 24.0 Å². The number of benzene rings is 1. The summed E-state index contributed by atoms with van der Waals surface area (Å²) in [6.07, 6.45) is 2.40. The van der Waals surface area contributed by atoms with Gasteiger partial charge in [0.25, 0.3) is 0 Å². The van der Waals surface area contributed by atoms with E-state index in [1.807, 2.05) is 38.1 Å². The molecule has 0 saturated heterocycles. The van der Waals surface area contributed by atoms with Gasteiger partial charge in [0.2, 0.25) is 5.91 Å². The first-order chi connectivity index (χ1) is 8.84. The quantitative estimate of drug-likeness (QED) is 0.786. The summed E-state index contributed by atoms with van der Waals surface area (Å²) in [5.74, 6) is 0.0431. The molecule has 0 aliphatic rings. The standard InChI is InChI=1S/C15H22N2OS/c1-4-9-15(2,3)17-13(18)10-11-5-7-12(8-6-11)14(16)19/h5-8H,4,9-10H2,1-3H3,(H2,16,19)(H,17,18). The first-order valence-electron chi connectivity index (χ1n) is 6.54. The highest BCUT2D eigenvalue weighted by Gasteiger charge is 2.18. The number of thiocarbonyl (C=S) groups is 1. The lowest BCUT2D eigenvalue weighted by molar-refractivity contribution is -0.122. The van der Waals surface area contributed by atoms with Crippen LogP contribution in [0, 0.1) is 0 Å². The molecule has 0 aromatic heterocycles. The smallest absolute Gasteiger partial charge is 0.224 e. The molecular formula is C15H22N2OS. The second-order valence-electron chi connectivity index (χ2n) is 5.42. The predicted octanol–water partition coefficient (Wildman–Crippen LogP) is 2.56. The van der Waals surface area contributed by atoms with Crippen molar-refractivity contribution in [1.29, 1.82) is 0 Å². The molecule has 0 unspecified atom stereocenters. The summed E-state index contributed by atoms with van der Waals surface area (Å²) in [6, 6.07) is 7.48. The SMILES string of the molecule is CCCC(C)(C)NC(=O)Cc1ccc(C(N)=S)cc1. The molecule has 1 aromatic carbocycles. The Morgan fingerprint density at radius 1 is 1.32 bits per heavy atom. The van der Waals surface area contributed by atoms with Crippen molar-refractivity contribution in [1.82, 2.24) is 5.32 Å². The third-order valence-corrected chi connectivity index (χ3v) is 3.19. The van der Waals surface area contributed by atoms with E-state index < -0.39 is 0 Å². The largest absolute Gasteiger partial charge is 0.389 e. The number of rotatable bonds is 6. The fourth-order valence-corrected chi connectivity index (χ4v) is 2.22. The normalized spacial score (nSPS) is 11.1. The number of nitrogens with one attached hydrogen (secondary N) is 1. The molecule has 0 radical (unpaired) electrons. The summed E-state index contributed by atoms with van der Waals surface area (Å²) < 4.78 is 0. The molecule has 0 heterocycles. The van der Waals surface area contributed by atoms with Crippen LogP contribution in [-0.2, 0) is 11.2 Å². The average molecular weight is 278 g/mol. The van der Waals surface area contributed by atoms with Crippen molar-refractivity contribution < 1.29 is 4.79 Å².